The van der Waals surface area contributed by atoms with E-state index in [4.69, 9.17) is 16.3 Å². The van der Waals surface area contributed by atoms with E-state index >= 15 is 0 Å². The van der Waals surface area contributed by atoms with Gasteiger partial charge in [-0.15, -0.1) is 11.3 Å². The molecular weight excluding hydrogens is 294 g/mol. The van der Waals surface area contributed by atoms with Crippen LogP contribution in [0.4, 0.5) is 0 Å². The molecule has 3 nitrogen and oxygen atoms in total. The number of carbonyl (C=O) groups excluding carboxylic acids is 1. The minimum absolute atomic E-state index is 0.0441. The van der Waals surface area contributed by atoms with Gasteiger partial charge in [0, 0.05) is 12.1 Å². The summed E-state index contributed by atoms with van der Waals surface area (Å²) in [4.78, 5) is 12.4. The summed E-state index contributed by atoms with van der Waals surface area (Å²) in [6, 6.07) is 7.51. The number of ether oxygens (including phenoxy) is 1. The quantitative estimate of drug-likeness (QED) is 0.905. The van der Waals surface area contributed by atoms with Gasteiger partial charge in [-0.25, -0.2) is 0 Å². The van der Waals surface area contributed by atoms with Crippen molar-refractivity contribution in [3.63, 3.8) is 0 Å². The highest BCUT2D eigenvalue weighted by Crippen LogP contribution is 2.26. The second-order valence-electron chi connectivity index (χ2n) is 4.40. The smallest absolute Gasteiger partial charge is 0.261 e. The van der Waals surface area contributed by atoms with Crippen LogP contribution in [0, 0.1) is 6.92 Å². The molecular formula is C15H16ClNO2S. The zero-order valence-electron chi connectivity index (χ0n) is 11.4. The number of nitrogens with one attached hydrogen (secondary N) is 1. The third kappa shape index (κ3) is 3.74. The van der Waals surface area contributed by atoms with Crippen LogP contribution in [0.2, 0.25) is 5.02 Å². The van der Waals surface area contributed by atoms with Crippen LogP contribution >= 0.6 is 22.9 Å². The van der Waals surface area contributed by atoms with Crippen molar-refractivity contribution in [1.29, 1.82) is 0 Å². The topological polar surface area (TPSA) is 38.3 Å². The molecule has 0 aliphatic rings. The Bertz CT molecular complexity index is 610. The Morgan fingerprint density at radius 1 is 1.40 bits per heavy atom. The van der Waals surface area contributed by atoms with Crippen molar-refractivity contribution in [3.8, 4) is 5.75 Å². The van der Waals surface area contributed by atoms with E-state index in [0.29, 0.717) is 28.8 Å². The van der Waals surface area contributed by atoms with E-state index < -0.39 is 0 Å². The van der Waals surface area contributed by atoms with Gasteiger partial charge in [0.25, 0.3) is 5.91 Å². The zero-order valence-corrected chi connectivity index (χ0v) is 13.0. The Morgan fingerprint density at radius 3 is 2.95 bits per heavy atom. The first-order valence-electron chi connectivity index (χ1n) is 6.34. The zero-order chi connectivity index (χ0) is 14.5. The third-order valence-electron chi connectivity index (χ3n) is 2.70. The molecule has 0 radical (unpaired) electrons. The summed E-state index contributed by atoms with van der Waals surface area (Å²) < 4.78 is 5.70. The first kappa shape index (κ1) is 14.9. The Labute approximate surface area is 127 Å². The fourth-order valence-electron chi connectivity index (χ4n) is 1.70. The van der Waals surface area contributed by atoms with Gasteiger partial charge in [-0.1, -0.05) is 17.7 Å². The van der Waals surface area contributed by atoms with Crippen molar-refractivity contribution in [3.05, 3.63) is 50.7 Å². The van der Waals surface area contributed by atoms with Crippen molar-refractivity contribution < 1.29 is 9.53 Å². The molecule has 2 rings (SSSR count). The average molecular weight is 310 g/mol. The monoisotopic (exact) mass is 309 g/mol. The van der Waals surface area contributed by atoms with E-state index in [1.165, 1.54) is 11.3 Å². The Balaban J connectivity index is 2.01. The number of benzene rings is 1. The summed E-state index contributed by atoms with van der Waals surface area (Å²) in [5.74, 6) is 0.620. The van der Waals surface area contributed by atoms with Gasteiger partial charge in [0.15, 0.2) is 0 Å². The van der Waals surface area contributed by atoms with Crippen LogP contribution in [0.5, 0.6) is 5.75 Å². The number of carbonyl (C=O) groups is 1. The summed E-state index contributed by atoms with van der Waals surface area (Å²) in [5, 5.41) is 5.29. The highest BCUT2D eigenvalue weighted by molar-refractivity contribution is 7.12. The third-order valence-corrected chi connectivity index (χ3v) is 3.99. The molecule has 0 unspecified atom stereocenters. The van der Waals surface area contributed by atoms with E-state index in [1.807, 2.05) is 43.5 Å². The average Bonchev–Trinajstić information content (AvgIpc) is 2.89. The fraction of sp³-hybridized carbons (Fsp3) is 0.267. The maximum atomic E-state index is 11.7. The number of hydrogen-bond donors (Lipinski definition) is 1. The molecule has 106 valence electrons. The van der Waals surface area contributed by atoms with Gasteiger partial charge in [0.1, 0.15) is 12.4 Å². The van der Waals surface area contributed by atoms with Crippen molar-refractivity contribution in [2.45, 2.75) is 20.5 Å². The lowest BCUT2D eigenvalue weighted by Gasteiger charge is -2.07. The number of amides is 1. The first-order valence-corrected chi connectivity index (χ1v) is 7.60. The number of halogens is 1. The largest absolute Gasteiger partial charge is 0.487 e. The SMILES string of the molecule is CCNC(=O)c1cc(COc2cc(C)ccc2Cl)cs1. The van der Waals surface area contributed by atoms with Gasteiger partial charge in [-0.2, -0.15) is 0 Å². The van der Waals surface area contributed by atoms with Crippen LogP contribution in [-0.2, 0) is 6.61 Å². The summed E-state index contributed by atoms with van der Waals surface area (Å²) in [6.45, 7) is 4.91. The van der Waals surface area contributed by atoms with E-state index in [2.05, 4.69) is 5.32 Å². The van der Waals surface area contributed by atoms with Crippen molar-refractivity contribution >= 4 is 28.8 Å². The highest BCUT2D eigenvalue weighted by atomic mass is 35.5. The molecule has 1 N–H and O–H groups in total. The molecule has 5 heteroatoms. The predicted octanol–water partition coefficient (Wildman–Crippen LogP) is 4.04. The maximum Gasteiger partial charge on any atom is 0.261 e. The summed E-state index contributed by atoms with van der Waals surface area (Å²) in [7, 11) is 0. The van der Waals surface area contributed by atoms with Crippen LogP contribution < -0.4 is 10.1 Å². The molecule has 1 amide bonds. The molecule has 1 heterocycles. The predicted molar refractivity (Wildman–Crippen MR) is 82.8 cm³/mol. The summed E-state index contributed by atoms with van der Waals surface area (Å²) >= 11 is 7.49. The van der Waals surface area contributed by atoms with Crippen LogP contribution in [0.15, 0.2) is 29.6 Å². The molecule has 0 saturated carbocycles. The van der Waals surface area contributed by atoms with E-state index in [0.717, 1.165) is 11.1 Å². The number of aryl methyl sites for hydroxylation is 1. The number of thiophene rings is 1. The van der Waals surface area contributed by atoms with Gasteiger partial charge >= 0.3 is 0 Å². The van der Waals surface area contributed by atoms with E-state index in [-0.39, 0.29) is 5.91 Å². The maximum absolute atomic E-state index is 11.7. The molecule has 0 fully saturated rings. The van der Waals surface area contributed by atoms with Gasteiger partial charge < -0.3 is 10.1 Å². The summed E-state index contributed by atoms with van der Waals surface area (Å²) in [6.07, 6.45) is 0. The number of rotatable bonds is 5. The molecule has 0 bridgehead atoms. The van der Waals surface area contributed by atoms with Gasteiger partial charge in [0.05, 0.1) is 9.90 Å². The van der Waals surface area contributed by atoms with E-state index in [1.54, 1.807) is 0 Å². The van der Waals surface area contributed by atoms with Crippen molar-refractivity contribution in [2.75, 3.05) is 6.54 Å². The lowest BCUT2D eigenvalue weighted by Crippen LogP contribution is -2.21. The number of hydrogen-bond acceptors (Lipinski definition) is 3. The first-order chi connectivity index (χ1) is 9.60. The molecule has 1 aromatic carbocycles. The summed E-state index contributed by atoms with van der Waals surface area (Å²) in [5.41, 5.74) is 2.06. The van der Waals surface area contributed by atoms with Crippen molar-refractivity contribution in [2.24, 2.45) is 0 Å². The van der Waals surface area contributed by atoms with Gasteiger partial charge in [-0.05, 0) is 43.0 Å². The molecule has 0 aliphatic carbocycles. The second kappa shape index (κ2) is 6.77. The van der Waals surface area contributed by atoms with Crippen LogP contribution in [0.1, 0.15) is 27.7 Å². The minimum Gasteiger partial charge on any atom is -0.487 e. The van der Waals surface area contributed by atoms with Gasteiger partial charge in [-0.3, -0.25) is 4.79 Å². The fourth-order valence-corrected chi connectivity index (χ4v) is 2.69. The Kier molecular flexibility index (Phi) is 5.04. The lowest BCUT2D eigenvalue weighted by molar-refractivity contribution is 0.0960. The van der Waals surface area contributed by atoms with Crippen LogP contribution in [0.3, 0.4) is 0 Å². The second-order valence-corrected chi connectivity index (χ2v) is 5.72. The molecule has 2 aromatic rings. The highest BCUT2D eigenvalue weighted by Gasteiger charge is 2.09. The van der Waals surface area contributed by atoms with Crippen molar-refractivity contribution in [1.82, 2.24) is 5.32 Å². The standard InChI is InChI=1S/C15H16ClNO2S/c1-3-17-15(18)14-7-11(9-20-14)8-19-13-6-10(2)4-5-12(13)16/h4-7,9H,3,8H2,1-2H3,(H,17,18). The van der Waals surface area contributed by atoms with Gasteiger partial charge in [0.2, 0.25) is 0 Å². The molecule has 0 atom stereocenters. The van der Waals surface area contributed by atoms with Crippen LogP contribution in [-0.4, -0.2) is 12.5 Å². The molecule has 20 heavy (non-hydrogen) atoms. The van der Waals surface area contributed by atoms with E-state index in [9.17, 15) is 4.79 Å². The Morgan fingerprint density at radius 2 is 2.20 bits per heavy atom. The molecule has 0 aliphatic heterocycles. The molecule has 0 saturated heterocycles. The lowest BCUT2D eigenvalue weighted by atomic mass is 10.2. The molecule has 1 aromatic heterocycles. The minimum atomic E-state index is -0.0441. The molecule has 0 spiro atoms. The Hall–Kier alpha value is -1.52. The van der Waals surface area contributed by atoms with Crippen LogP contribution in [0.25, 0.3) is 0 Å². The normalized spacial score (nSPS) is 10.3.